The van der Waals surface area contributed by atoms with E-state index in [0.717, 1.165) is 19.3 Å². The lowest BCUT2D eigenvalue weighted by Gasteiger charge is -2.36. The second-order valence-corrected chi connectivity index (χ2v) is 6.77. The molecule has 0 radical (unpaired) electrons. The van der Waals surface area contributed by atoms with Crippen LogP contribution < -0.4 is 5.32 Å². The van der Waals surface area contributed by atoms with Crippen LogP contribution in [-0.4, -0.2) is 53.7 Å². The van der Waals surface area contributed by atoms with Gasteiger partial charge < -0.3 is 15.1 Å². The SMILES string of the molecule is O=C1NCCN(C(=O)CCN2CCCCCC2=O)C1c1ccc(F)cc1. The van der Waals surface area contributed by atoms with Gasteiger partial charge in [0, 0.05) is 39.0 Å². The minimum absolute atomic E-state index is 0.0989. The number of nitrogens with zero attached hydrogens (tertiary/aromatic N) is 2. The smallest absolute Gasteiger partial charge is 0.247 e. The van der Waals surface area contributed by atoms with Crippen molar-refractivity contribution in [2.75, 3.05) is 26.2 Å². The number of halogens is 1. The number of amides is 3. The number of carbonyl (C=O) groups is 3. The molecule has 1 N–H and O–H groups in total. The van der Waals surface area contributed by atoms with Gasteiger partial charge in [-0.25, -0.2) is 4.39 Å². The summed E-state index contributed by atoms with van der Waals surface area (Å²) in [4.78, 5) is 40.5. The lowest BCUT2D eigenvalue weighted by Crippen LogP contribution is -2.52. The summed E-state index contributed by atoms with van der Waals surface area (Å²) in [5, 5.41) is 2.76. The molecule has 7 heteroatoms. The molecule has 6 nitrogen and oxygen atoms in total. The topological polar surface area (TPSA) is 69.7 Å². The maximum Gasteiger partial charge on any atom is 0.247 e. The van der Waals surface area contributed by atoms with Gasteiger partial charge in [-0.05, 0) is 30.5 Å². The highest BCUT2D eigenvalue weighted by Gasteiger charge is 2.34. The molecule has 26 heavy (non-hydrogen) atoms. The summed E-state index contributed by atoms with van der Waals surface area (Å²) in [5.41, 5.74) is 0.586. The molecular weight excluding hydrogens is 337 g/mol. The molecule has 2 heterocycles. The van der Waals surface area contributed by atoms with Gasteiger partial charge >= 0.3 is 0 Å². The van der Waals surface area contributed by atoms with Gasteiger partial charge in [-0.3, -0.25) is 14.4 Å². The highest BCUT2D eigenvalue weighted by molar-refractivity contribution is 5.90. The average molecular weight is 361 g/mol. The van der Waals surface area contributed by atoms with E-state index in [1.54, 1.807) is 4.90 Å². The normalized spacial score (nSPS) is 21.3. The number of likely N-dealkylation sites (tertiary alicyclic amines) is 1. The lowest BCUT2D eigenvalue weighted by molar-refractivity contribution is -0.144. The largest absolute Gasteiger partial charge is 0.352 e. The standard InChI is InChI=1S/C19H24FN3O3/c20-15-7-5-14(6-8-15)18-19(26)21-10-13-23(18)17(25)9-12-22-11-3-1-2-4-16(22)24/h5-8,18H,1-4,9-13H2,(H,21,26). The quantitative estimate of drug-likeness (QED) is 0.886. The zero-order valence-electron chi connectivity index (χ0n) is 14.7. The zero-order valence-corrected chi connectivity index (χ0v) is 14.7. The van der Waals surface area contributed by atoms with E-state index in [-0.39, 0.29) is 30.0 Å². The van der Waals surface area contributed by atoms with Crippen LogP contribution in [0.4, 0.5) is 4.39 Å². The second-order valence-electron chi connectivity index (χ2n) is 6.77. The van der Waals surface area contributed by atoms with Crippen molar-refractivity contribution in [1.82, 2.24) is 15.1 Å². The molecular formula is C19H24FN3O3. The molecule has 2 saturated heterocycles. The Hall–Kier alpha value is -2.44. The Labute approximate surface area is 152 Å². The van der Waals surface area contributed by atoms with Gasteiger partial charge in [0.15, 0.2) is 0 Å². The fraction of sp³-hybridized carbons (Fsp3) is 0.526. The van der Waals surface area contributed by atoms with Crippen molar-refractivity contribution in [2.24, 2.45) is 0 Å². The molecule has 0 bridgehead atoms. The monoisotopic (exact) mass is 361 g/mol. The molecule has 2 fully saturated rings. The molecule has 0 aromatic heterocycles. The third kappa shape index (κ3) is 4.20. The van der Waals surface area contributed by atoms with Crippen LogP contribution in [0.5, 0.6) is 0 Å². The Morgan fingerprint density at radius 1 is 1.12 bits per heavy atom. The minimum Gasteiger partial charge on any atom is -0.352 e. The molecule has 1 aromatic rings. The lowest BCUT2D eigenvalue weighted by atomic mass is 10.0. The van der Waals surface area contributed by atoms with Crippen molar-refractivity contribution in [3.8, 4) is 0 Å². The van der Waals surface area contributed by atoms with E-state index < -0.39 is 6.04 Å². The van der Waals surface area contributed by atoms with Crippen molar-refractivity contribution in [3.05, 3.63) is 35.6 Å². The van der Waals surface area contributed by atoms with Crippen LogP contribution in [0.25, 0.3) is 0 Å². The third-order valence-corrected chi connectivity index (χ3v) is 4.99. The summed E-state index contributed by atoms with van der Waals surface area (Å²) >= 11 is 0. The molecule has 0 aliphatic carbocycles. The first-order valence-electron chi connectivity index (χ1n) is 9.16. The van der Waals surface area contributed by atoms with E-state index >= 15 is 0 Å². The first-order chi connectivity index (χ1) is 12.6. The summed E-state index contributed by atoms with van der Waals surface area (Å²) in [5.74, 6) is -0.711. The number of carbonyl (C=O) groups excluding carboxylic acids is 3. The van der Waals surface area contributed by atoms with E-state index in [1.807, 2.05) is 0 Å². The van der Waals surface area contributed by atoms with E-state index in [4.69, 9.17) is 0 Å². The number of hydrogen-bond donors (Lipinski definition) is 1. The molecule has 1 atom stereocenters. The van der Waals surface area contributed by atoms with Crippen LogP contribution in [0.2, 0.25) is 0 Å². The molecule has 2 aliphatic rings. The first kappa shape index (κ1) is 18.4. The van der Waals surface area contributed by atoms with E-state index in [1.165, 1.54) is 29.2 Å². The maximum absolute atomic E-state index is 13.2. The molecule has 1 aromatic carbocycles. The minimum atomic E-state index is -0.753. The van der Waals surface area contributed by atoms with Crippen LogP contribution >= 0.6 is 0 Å². The van der Waals surface area contributed by atoms with Gasteiger partial charge in [0.05, 0.1) is 0 Å². The highest BCUT2D eigenvalue weighted by Crippen LogP contribution is 2.24. The Kier molecular flexibility index (Phi) is 5.85. The van der Waals surface area contributed by atoms with Crippen molar-refractivity contribution >= 4 is 17.7 Å². The molecule has 1 unspecified atom stereocenters. The van der Waals surface area contributed by atoms with Crippen LogP contribution in [0.15, 0.2) is 24.3 Å². The highest BCUT2D eigenvalue weighted by atomic mass is 19.1. The fourth-order valence-corrected chi connectivity index (χ4v) is 3.56. The van der Waals surface area contributed by atoms with Crippen molar-refractivity contribution in [2.45, 2.75) is 38.1 Å². The number of piperazine rings is 1. The number of hydrogen-bond acceptors (Lipinski definition) is 3. The predicted octanol–water partition coefficient (Wildman–Crippen LogP) is 1.62. The summed E-state index contributed by atoms with van der Waals surface area (Å²) in [6.45, 7) is 1.87. The molecule has 0 saturated carbocycles. The van der Waals surface area contributed by atoms with Crippen LogP contribution in [-0.2, 0) is 14.4 Å². The molecule has 0 spiro atoms. The van der Waals surface area contributed by atoms with Crippen molar-refractivity contribution in [3.63, 3.8) is 0 Å². The molecule has 3 rings (SSSR count). The van der Waals surface area contributed by atoms with Crippen LogP contribution in [0, 0.1) is 5.82 Å². The van der Waals surface area contributed by atoms with E-state index in [9.17, 15) is 18.8 Å². The van der Waals surface area contributed by atoms with Gasteiger partial charge in [0.2, 0.25) is 17.7 Å². The fourth-order valence-electron chi connectivity index (χ4n) is 3.56. The summed E-state index contributed by atoms with van der Waals surface area (Å²) in [6, 6.07) is 4.88. The summed E-state index contributed by atoms with van der Waals surface area (Å²) in [6.07, 6.45) is 3.64. The number of benzene rings is 1. The van der Waals surface area contributed by atoms with Gasteiger partial charge in [0.1, 0.15) is 11.9 Å². The molecule has 140 valence electrons. The average Bonchev–Trinajstić information content (AvgIpc) is 2.84. The summed E-state index contributed by atoms with van der Waals surface area (Å²) < 4.78 is 13.2. The van der Waals surface area contributed by atoms with Gasteiger partial charge in [-0.2, -0.15) is 0 Å². The van der Waals surface area contributed by atoms with Crippen LogP contribution in [0.3, 0.4) is 0 Å². The van der Waals surface area contributed by atoms with Gasteiger partial charge in [-0.1, -0.05) is 18.6 Å². The Morgan fingerprint density at radius 2 is 1.88 bits per heavy atom. The molecule has 3 amide bonds. The zero-order chi connectivity index (χ0) is 18.5. The maximum atomic E-state index is 13.2. The second kappa shape index (κ2) is 8.29. The number of nitrogens with one attached hydrogen (secondary N) is 1. The number of rotatable bonds is 4. The Morgan fingerprint density at radius 3 is 2.65 bits per heavy atom. The van der Waals surface area contributed by atoms with Gasteiger partial charge in [0.25, 0.3) is 0 Å². The summed E-state index contributed by atoms with van der Waals surface area (Å²) in [7, 11) is 0. The van der Waals surface area contributed by atoms with Crippen molar-refractivity contribution < 1.29 is 18.8 Å². The van der Waals surface area contributed by atoms with Crippen LogP contribution in [0.1, 0.15) is 43.7 Å². The molecule has 2 aliphatic heterocycles. The first-order valence-corrected chi connectivity index (χ1v) is 9.16. The van der Waals surface area contributed by atoms with E-state index in [2.05, 4.69) is 5.32 Å². The third-order valence-electron chi connectivity index (χ3n) is 4.99. The van der Waals surface area contributed by atoms with Gasteiger partial charge in [-0.15, -0.1) is 0 Å². The van der Waals surface area contributed by atoms with E-state index in [0.29, 0.717) is 38.2 Å². The van der Waals surface area contributed by atoms with Crippen molar-refractivity contribution in [1.29, 1.82) is 0 Å². The Bertz CT molecular complexity index is 677. The Balaban J connectivity index is 1.68. The predicted molar refractivity (Wildman–Crippen MR) is 93.5 cm³/mol.